The molecule has 29 heavy (non-hydrogen) atoms. The minimum Gasteiger partial charge on any atom is -0.334 e. The number of aromatic nitrogens is 2. The molecule has 7 heteroatoms. The van der Waals surface area contributed by atoms with Crippen LogP contribution in [0.1, 0.15) is 40.5 Å². The quantitative estimate of drug-likeness (QED) is 0.554. The van der Waals surface area contributed by atoms with Crippen LogP contribution < -0.4 is 5.32 Å². The number of hydrogen-bond acceptors (Lipinski definition) is 6. The SMILES string of the molecule is Cc1ccc(NC(=O)CSCC(=O)c2ccccc2)c(-c2nc(C3CC3)no2)c1. The lowest BCUT2D eigenvalue weighted by molar-refractivity contribution is -0.113. The summed E-state index contributed by atoms with van der Waals surface area (Å²) in [7, 11) is 0. The van der Waals surface area contributed by atoms with Crippen LogP contribution in [0.3, 0.4) is 0 Å². The number of nitrogens with one attached hydrogen (secondary N) is 1. The molecule has 0 unspecified atom stereocenters. The number of carbonyl (C=O) groups excluding carboxylic acids is 2. The smallest absolute Gasteiger partial charge is 0.260 e. The maximum atomic E-state index is 12.4. The average molecular weight is 407 g/mol. The van der Waals surface area contributed by atoms with Gasteiger partial charge >= 0.3 is 0 Å². The molecule has 1 aliphatic rings. The second-order valence-electron chi connectivity index (χ2n) is 7.11. The molecule has 1 N–H and O–H groups in total. The van der Waals surface area contributed by atoms with Crippen LogP contribution in [0.2, 0.25) is 0 Å². The first-order valence-corrected chi connectivity index (χ1v) is 10.7. The van der Waals surface area contributed by atoms with Crippen molar-refractivity contribution in [1.82, 2.24) is 10.1 Å². The van der Waals surface area contributed by atoms with Crippen molar-refractivity contribution >= 4 is 29.1 Å². The maximum absolute atomic E-state index is 12.4. The molecule has 0 bridgehead atoms. The Labute approximate surface area is 173 Å². The van der Waals surface area contributed by atoms with E-state index in [-0.39, 0.29) is 23.2 Å². The minimum atomic E-state index is -0.178. The third-order valence-electron chi connectivity index (χ3n) is 4.63. The fourth-order valence-corrected chi connectivity index (χ4v) is 3.64. The predicted molar refractivity (Wildman–Crippen MR) is 113 cm³/mol. The van der Waals surface area contributed by atoms with E-state index >= 15 is 0 Å². The van der Waals surface area contributed by atoms with Gasteiger partial charge in [0.05, 0.1) is 22.8 Å². The highest BCUT2D eigenvalue weighted by atomic mass is 32.2. The van der Waals surface area contributed by atoms with Crippen LogP contribution in [0.25, 0.3) is 11.5 Å². The van der Waals surface area contributed by atoms with E-state index in [1.54, 1.807) is 12.1 Å². The molecule has 1 amide bonds. The second kappa shape index (κ2) is 8.61. The number of nitrogens with zero attached hydrogens (tertiary/aromatic N) is 2. The van der Waals surface area contributed by atoms with Gasteiger partial charge in [0, 0.05) is 11.5 Å². The number of hydrogen-bond donors (Lipinski definition) is 1. The van der Waals surface area contributed by atoms with E-state index in [0.717, 1.165) is 24.2 Å². The normalized spacial score (nSPS) is 13.3. The lowest BCUT2D eigenvalue weighted by Gasteiger charge is -2.09. The Kier molecular flexibility index (Phi) is 5.76. The van der Waals surface area contributed by atoms with Gasteiger partial charge in [0.2, 0.25) is 5.91 Å². The van der Waals surface area contributed by atoms with Gasteiger partial charge in [-0.2, -0.15) is 4.98 Å². The van der Waals surface area contributed by atoms with E-state index in [9.17, 15) is 9.59 Å². The van der Waals surface area contributed by atoms with Gasteiger partial charge in [0.15, 0.2) is 11.6 Å². The Morgan fingerprint density at radius 1 is 1.14 bits per heavy atom. The molecule has 4 rings (SSSR count). The topological polar surface area (TPSA) is 85.1 Å². The molecule has 1 aromatic heterocycles. The van der Waals surface area contributed by atoms with Gasteiger partial charge in [0.1, 0.15) is 0 Å². The van der Waals surface area contributed by atoms with Gasteiger partial charge in [-0.25, -0.2) is 0 Å². The van der Waals surface area contributed by atoms with Crippen LogP contribution in [0.4, 0.5) is 5.69 Å². The molecule has 0 radical (unpaired) electrons. The average Bonchev–Trinajstić information content (AvgIpc) is 3.47. The molecule has 3 aromatic rings. The summed E-state index contributed by atoms with van der Waals surface area (Å²) >= 11 is 1.29. The Morgan fingerprint density at radius 3 is 2.69 bits per heavy atom. The van der Waals surface area contributed by atoms with Gasteiger partial charge in [-0.1, -0.05) is 47.1 Å². The van der Waals surface area contributed by atoms with Gasteiger partial charge in [-0.05, 0) is 31.9 Å². The van der Waals surface area contributed by atoms with Crippen molar-refractivity contribution in [3.8, 4) is 11.5 Å². The zero-order valence-corrected chi connectivity index (χ0v) is 16.9. The predicted octanol–water partition coefficient (Wildman–Crippen LogP) is 4.48. The van der Waals surface area contributed by atoms with Gasteiger partial charge < -0.3 is 9.84 Å². The fraction of sp³-hybridized carbons (Fsp3) is 0.273. The van der Waals surface area contributed by atoms with Crippen LogP contribution in [0, 0.1) is 6.92 Å². The molecule has 1 fully saturated rings. The van der Waals surface area contributed by atoms with E-state index in [1.165, 1.54) is 11.8 Å². The number of rotatable bonds is 8. The van der Waals surface area contributed by atoms with E-state index in [2.05, 4.69) is 15.5 Å². The van der Waals surface area contributed by atoms with Crippen molar-refractivity contribution in [3.05, 3.63) is 65.5 Å². The lowest BCUT2D eigenvalue weighted by atomic mass is 10.1. The van der Waals surface area contributed by atoms with Crippen LogP contribution in [0.15, 0.2) is 53.1 Å². The van der Waals surface area contributed by atoms with Crippen molar-refractivity contribution in [3.63, 3.8) is 0 Å². The molecule has 2 aromatic carbocycles. The highest BCUT2D eigenvalue weighted by Crippen LogP contribution is 2.39. The third kappa shape index (κ3) is 4.92. The lowest BCUT2D eigenvalue weighted by Crippen LogP contribution is -2.16. The van der Waals surface area contributed by atoms with Crippen LogP contribution in [-0.4, -0.2) is 33.3 Å². The number of thioether (sulfide) groups is 1. The van der Waals surface area contributed by atoms with Crippen LogP contribution in [0.5, 0.6) is 0 Å². The highest BCUT2D eigenvalue weighted by Gasteiger charge is 2.29. The number of aryl methyl sites for hydroxylation is 1. The minimum absolute atomic E-state index is 0.0119. The van der Waals surface area contributed by atoms with Gasteiger partial charge in [-0.3, -0.25) is 9.59 Å². The van der Waals surface area contributed by atoms with Crippen molar-refractivity contribution < 1.29 is 14.1 Å². The number of benzene rings is 2. The summed E-state index contributed by atoms with van der Waals surface area (Å²) in [6.07, 6.45) is 2.19. The number of amides is 1. The molecular weight excluding hydrogens is 386 g/mol. The number of anilines is 1. The molecule has 1 heterocycles. The molecule has 1 aliphatic carbocycles. The summed E-state index contributed by atoms with van der Waals surface area (Å²) in [5.41, 5.74) is 3.03. The molecule has 0 spiro atoms. The Morgan fingerprint density at radius 2 is 1.93 bits per heavy atom. The number of carbonyl (C=O) groups is 2. The molecule has 6 nitrogen and oxygen atoms in total. The monoisotopic (exact) mass is 407 g/mol. The Balaban J connectivity index is 1.38. The van der Waals surface area contributed by atoms with Gasteiger partial charge in [0.25, 0.3) is 5.89 Å². The molecule has 0 saturated heterocycles. The summed E-state index contributed by atoms with van der Waals surface area (Å²) in [6, 6.07) is 14.8. The maximum Gasteiger partial charge on any atom is 0.260 e. The van der Waals surface area contributed by atoms with E-state index < -0.39 is 0 Å². The fourth-order valence-electron chi connectivity index (χ4n) is 2.93. The summed E-state index contributed by atoms with van der Waals surface area (Å²) in [5, 5.41) is 6.97. The molecule has 0 atom stereocenters. The van der Waals surface area contributed by atoms with Gasteiger partial charge in [-0.15, -0.1) is 11.8 Å². The van der Waals surface area contributed by atoms with E-state index in [4.69, 9.17) is 4.52 Å². The van der Waals surface area contributed by atoms with Crippen molar-refractivity contribution in [2.24, 2.45) is 0 Å². The highest BCUT2D eigenvalue weighted by molar-refractivity contribution is 8.00. The second-order valence-corrected chi connectivity index (χ2v) is 8.10. The first kappa shape index (κ1) is 19.4. The summed E-state index contributed by atoms with van der Waals surface area (Å²) < 4.78 is 5.43. The summed E-state index contributed by atoms with van der Waals surface area (Å²) in [4.78, 5) is 29.0. The molecule has 0 aliphatic heterocycles. The third-order valence-corrected chi connectivity index (χ3v) is 5.56. The standard InChI is InChI=1S/C22H21N3O3S/c1-14-7-10-18(17(11-14)22-24-21(25-28-22)16-8-9-16)23-20(27)13-29-12-19(26)15-5-3-2-4-6-15/h2-7,10-11,16H,8-9,12-13H2,1H3,(H,23,27). The summed E-state index contributed by atoms with van der Waals surface area (Å²) in [6.45, 7) is 1.97. The molecule has 1 saturated carbocycles. The zero-order chi connectivity index (χ0) is 20.2. The van der Waals surface area contributed by atoms with E-state index in [0.29, 0.717) is 28.6 Å². The first-order valence-electron chi connectivity index (χ1n) is 9.50. The number of ketones is 1. The largest absolute Gasteiger partial charge is 0.334 e. The molecule has 148 valence electrons. The van der Waals surface area contributed by atoms with E-state index in [1.807, 2.05) is 43.3 Å². The number of Topliss-reactive ketones (excluding diaryl/α,β-unsaturated/α-hetero) is 1. The zero-order valence-electron chi connectivity index (χ0n) is 16.1. The van der Waals surface area contributed by atoms with Crippen molar-refractivity contribution in [2.45, 2.75) is 25.7 Å². The van der Waals surface area contributed by atoms with Crippen LogP contribution >= 0.6 is 11.8 Å². The Bertz CT molecular complexity index is 1030. The van der Waals surface area contributed by atoms with Crippen LogP contribution in [-0.2, 0) is 4.79 Å². The van der Waals surface area contributed by atoms with Crippen molar-refractivity contribution in [2.75, 3.05) is 16.8 Å². The first-order chi connectivity index (χ1) is 14.1. The molecular formula is C22H21N3O3S. The van der Waals surface area contributed by atoms with Crippen molar-refractivity contribution in [1.29, 1.82) is 0 Å². The Hall–Kier alpha value is -2.93. The summed E-state index contributed by atoms with van der Waals surface area (Å²) in [5.74, 6) is 1.82.